The maximum absolute atomic E-state index is 13.0. The molecule has 3 heterocycles. The molecule has 7 heteroatoms. The zero-order chi connectivity index (χ0) is 19.7. The lowest BCUT2D eigenvalue weighted by Crippen LogP contribution is -2.39. The van der Waals surface area contributed by atoms with Gasteiger partial charge in [-0.15, -0.1) is 23.1 Å². The SMILES string of the molecule is COc1ccc([C@H](CN2C(=O)[C@H](C)S[C@@H]2c2ccc(Br)s2)N2CCCC2)cc1. The molecular weight excluding hydrogens is 456 g/mol. The van der Waals surface area contributed by atoms with Crippen LogP contribution in [0.25, 0.3) is 0 Å². The first-order chi connectivity index (χ1) is 13.6. The van der Waals surface area contributed by atoms with Crippen molar-refractivity contribution in [1.82, 2.24) is 9.80 Å². The summed E-state index contributed by atoms with van der Waals surface area (Å²) < 4.78 is 6.44. The molecule has 0 saturated carbocycles. The largest absolute Gasteiger partial charge is 0.497 e. The fourth-order valence-corrected chi connectivity index (χ4v) is 6.96. The average Bonchev–Trinajstić information content (AvgIpc) is 3.43. The van der Waals surface area contributed by atoms with Gasteiger partial charge in [-0.25, -0.2) is 0 Å². The van der Waals surface area contributed by atoms with Crippen LogP contribution in [0.15, 0.2) is 40.2 Å². The number of likely N-dealkylation sites (tertiary alicyclic amines) is 1. The Kier molecular flexibility index (Phi) is 6.35. The van der Waals surface area contributed by atoms with Crippen molar-refractivity contribution in [2.45, 2.75) is 36.4 Å². The van der Waals surface area contributed by atoms with Gasteiger partial charge in [-0.1, -0.05) is 12.1 Å². The van der Waals surface area contributed by atoms with Crippen molar-refractivity contribution < 1.29 is 9.53 Å². The third kappa shape index (κ3) is 4.13. The Morgan fingerprint density at radius 3 is 2.50 bits per heavy atom. The summed E-state index contributed by atoms with van der Waals surface area (Å²) in [5, 5.41) is 0.100. The number of halogens is 1. The number of carbonyl (C=O) groups excluding carboxylic acids is 1. The van der Waals surface area contributed by atoms with Gasteiger partial charge in [0.15, 0.2) is 0 Å². The monoisotopic (exact) mass is 480 g/mol. The molecule has 1 aromatic carbocycles. The molecule has 4 nitrogen and oxygen atoms in total. The molecule has 0 N–H and O–H groups in total. The third-order valence-corrected chi connectivity index (χ3v) is 8.74. The molecule has 2 fully saturated rings. The van der Waals surface area contributed by atoms with E-state index in [-0.39, 0.29) is 22.6 Å². The Morgan fingerprint density at radius 2 is 1.89 bits per heavy atom. The number of rotatable bonds is 6. The van der Waals surface area contributed by atoms with Crippen LogP contribution in [0.4, 0.5) is 0 Å². The van der Waals surface area contributed by atoms with Gasteiger partial charge in [0.1, 0.15) is 11.1 Å². The molecule has 0 spiro atoms. The fraction of sp³-hybridized carbons (Fsp3) is 0.476. The van der Waals surface area contributed by atoms with Crippen molar-refractivity contribution in [3.63, 3.8) is 0 Å². The van der Waals surface area contributed by atoms with E-state index in [9.17, 15) is 4.79 Å². The van der Waals surface area contributed by atoms with Crippen molar-refractivity contribution >= 4 is 44.9 Å². The first kappa shape index (κ1) is 20.3. The van der Waals surface area contributed by atoms with E-state index in [1.54, 1.807) is 30.2 Å². The second kappa shape index (κ2) is 8.78. The van der Waals surface area contributed by atoms with E-state index in [1.165, 1.54) is 23.3 Å². The zero-order valence-corrected chi connectivity index (χ0v) is 19.4. The lowest BCUT2D eigenvalue weighted by Gasteiger charge is -2.34. The summed E-state index contributed by atoms with van der Waals surface area (Å²) in [5.41, 5.74) is 1.26. The van der Waals surface area contributed by atoms with Crippen LogP contribution < -0.4 is 4.74 Å². The molecule has 150 valence electrons. The van der Waals surface area contributed by atoms with Gasteiger partial charge in [0.05, 0.1) is 22.2 Å². The molecule has 4 rings (SSSR count). The standard InChI is InChI=1S/C21H25BrN2O2S2/c1-14-20(25)24(21(27-14)18-9-10-19(22)28-18)13-17(23-11-3-4-12-23)15-5-7-16(26-2)8-6-15/h5-10,14,17,21H,3-4,11-13H2,1-2H3/t14-,17-,21+/m0/s1. The maximum Gasteiger partial charge on any atom is 0.236 e. The summed E-state index contributed by atoms with van der Waals surface area (Å²) >= 11 is 7.06. The van der Waals surface area contributed by atoms with Gasteiger partial charge >= 0.3 is 0 Å². The van der Waals surface area contributed by atoms with E-state index in [1.807, 2.05) is 19.1 Å². The lowest BCUT2D eigenvalue weighted by atomic mass is 10.0. The lowest BCUT2D eigenvalue weighted by molar-refractivity contribution is -0.130. The fourth-order valence-electron chi connectivity index (χ4n) is 4.04. The van der Waals surface area contributed by atoms with E-state index in [0.717, 1.165) is 29.2 Å². The number of nitrogens with zero attached hydrogens (tertiary/aromatic N) is 2. The first-order valence-electron chi connectivity index (χ1n) is 9.66. The summed E-state index contributed by atoms with van der Waals surface area (Å²) in [5.74, 6) is 1.11. The Balaban J connectivity index is 1.62. The maximum atomic E-state index is 13.0. The number of hydrogen-bond acceptors (Lipinski definition) is 5. The molecule has 0 aliphatic carbocycles. The second-order valence-electron chi connectivity index (χ2n) is 7.30. The number of benzene rings is 1. The zero-order valence-electron chi connectivity index (χ0n) is 16.1. The summed E-state index contributed by atoms with van der Waals surface area (Å²) in [6.45, 7) is 4.94. The van der Waals surface area contributed by atoms with Crippen LogP contribution in [0.1, 0.15) is 41.6 Å². The van der Waals surface area contributed by atoms with E-state index in [4.69, 9.17) is 4.74 Å². The molecule has 28 heavy (non-hydrogen) atoms. The molecular formula is C21H25BrN2O2S2. The highest BCUT2D eigenvalue weighted by molar-refractivity contribution is 9.11. The van der Waals surface area contributed by atoms with Gasteiger partial charge in [0.2, 0.25) is 5.91 Å². The molecule has 2 saturated heterocycles. The third-order valence-electron chi connectivity index (χ3n) is 5.54. The topological polar surface area (TPSA) is 32.8 Å². The second-order valence-corrected chi connectivity index (χ2v) is 11.2. The van der Waals surface area contributed by atoms with Crippen LogP contribution in [0.2, 0.25) is 0 Å². The van der Waals surface area contributed by atoms with Crippen LogP contribution in [-0.4, -0.2) is 47.7 Å². The number of thioether (sulfide) groups is 1. The Bertz CT molecular complexity index is 820. The van der Waals surface area contributed by atoms with Crippen molar-refractivity contribution in [3.8, 4) is 5.75 Å². The van der Waals surface area contributed by atoms with Crippen molar-refractivity contribution in [2.75, 3.05) is 26.7 Å². The van der Waals surface area contributed by atoms with Crippen LogP contribution in [0.5, 0.6) is 5.75 Å². The minimum absolute atomic E-state index is 0.000899. The van der Waals surface area contributed by atoms with Crippen LogP contribution in [-0.2, 0) is 4.79 Å². The smallest absolute Gasteiger partial charge is 0.236 e. The normalized spacial score (nSPS) is 24.1. The number of methoxy groups -OCH3 is 1. The Hall–Kier alpha value is -1.02. The highest BCUT2D eigenvalue weighted by Crippen LogP contribution is 2.47. The van der Waals surface area contributed by atoms with Crippen LogP contribution in [0, 0.1) is 0 Å². The summed E-state index contributed by atoms with van der Waals surface area (Å²) in [4.78, 5) is 18.9. The summed E-state index contributed by atoms with van der Waals surface area (Å²) in [6, 6.07) is 12.8. The minimum atomic E-state index is 0.000899. The van der Waals surface area contributed by atoms with Crippen LogP contribution >= 0.6 is 39.0 Å². The van der Waals surface area contributed by atoms with Gasteiger partial charge < -0.3 is 9.64 Å². The van der Waals surface area contributed by atoms with Gasteiger partial charge in [0, 0.05) is 11.4 Å². The molecule has 1 aromatic heterocycles. The first-order valence-corrected chi connectivity index (χ1v) is 12.2. The molecule has 2 aliphatic rings. The van der Waals surface area contributed by atoms with Crippen molar-refractivity contribution in [2.24, 2.45) is 0 Å². The predicted octanol–water partition coefficient (Wildman–Crippen LogP) is 5.32. The molecule has 1 amide bonds. The number of thiophene rings is 1. The van der Waals surface area contributed by atoms with Gasteiger partial charge in [0.25, 0.3) is 0 Å². The number of carbonyl (C=O) groups is 1. The summed E-state index contributed by atoms with van der Waals surface area (Å²) in [6.07, 6.45) is 2.46. The average molecular weight is 481 g/mol. The highest BCUT2D eigenvalue weighted by atomic mass is 79.9. The Labute approximate surface area is 183 Å². The summed E-state index contributed by atoms with van der Waals surface area (Å²) in [7, 11) is 1.69. The molecule has 3 atom stereocenters. The van der Waals surface area contributed by atoms with Crippen LogP contribution in [0.3, 0.4) is 0 Å². The van der Waals surface area contributed by atoms with E-state index >= 15 is 0 Å². The van der Waals surface area contributed by atoms with E-state index in [2.05, 4.69) is 50.0 Å². The number of ether oxygens (including phenoxy) is 1. The molecule has 0 bridgehead atoms. The predicted molar refractivity (Wildman–Crippen MR) is 120 cm³/mol. The minimum Gasteiger partial charge on any atom is -0.497 e. The quantitative estimate of drug-likeness (QED) is 0.559. The van der Waals surface area contributed by atoms with Crippen molar-refractivity contribution in [1.29, 1.82) is 0 Å². The van der Waals surface area contributed by atoms with Gasteiger partial charge in [-0.05, 0) is 78.6 Å². The number of amides is 1. The van der Waals surface area contributed by atoms with E-state index in [0.29, 0.717) is 0 Å². The molecule has 0 unspecified atom stereocenters. The Morgan fingerprint density at radius 1 is 1.18 bits per heavy atom. The van der Waals surface area contributed by atoms with Gasteiger partial charge in [-0.2, -0.15) is 0 Å². The van der Waals surface area contributed by atoms with Gasteiger partial charge in [-0.3, -0.25) is 9.69 Å². The van der Waals surface area contributed by atoms with Crippen molar-refractivity contribution in [3.05, 3.63) is 50.6 Å². The molecule has 2 aliphatic heterocycles. The molecule has 2 aromatic rings. The highest BCUT2D eigenvalue weighted by Gasteiger charge is 2.41. The van der Waals surface area contributed by atoms with E-state index < -0.39 is 0 Å². The number of hydrogen-bond donors (Lipinski definition) is 0. The molecule has 0 radical (unpaired) electrons.